The van der Waals surface area contributed by atoms with E-state index in [4.69, 9.17) is 4.74 Å². The average molecular weight is 233 g/mol. The Morgan fingerprint density at radius 2 is 2.06 bits per heavy atom. The van der Waals surface area contributed by atoms with Crippen LogP contribution in [-0.2, 0) is 16.0 Å². The summed E-state index contributed by atoms with van der Waals surface area (Å²) in [6.45, 7) is 0.836. The first-order chi connectivity index (χ1) is 8.19. The molecule has 0 atom stereocenters. The van der Waals surface area contributed by atoms with Gasteiger partial charge in [-0.15, -0.1) is 0 Å². The monoisotopic (exact) mass is 233 g/mol. The summed E-state index contributed by atoms with van der Waals surface area (Å²) in [6.07, 6.45) is 0.839. The highest BCUT2D eigenvalue weighted by atomic mass is 16.5. The van der Waals surface area contributed by atoms with Crippen LogP contribution in [0.3, 0.4) is 0 Å². The Labute approximate surface area is 100 Å². The topological polar surface area (TPSA) is 46.6 Å². The maximum absolute atomic E-state index is 11.9. The van der Waals surface area contributed by atoms with Gasteiger partial charge in [-0.3, -0.25) is 9.59 Å². The number of carbonyl (C=O) groups is 2. The summed E-state index contributed by atoms with van der Waals surface area (Å²) in [5.41, 5.74) is 0.940. The van der Waals surface area contributed by atoms with Gasteiger partial charge >= 0.3 is 0 Å². The van der Waals surface area contributed by atoms with Gasteiger partial charge in [-0.2, -0.15) is 0 Å². The first kappa shape index (κ1) is 11.6. The molecule has 0 unspecified atom stereocenters. The zero-order chi connectivity index (χ0) is 12.3. The van der Waals surface area contributed by atoms with E-state index < -0.39 is 0 Å². The maximum atomic E-state index is 11.9. The van der Waals surface area contributed by atoms with E-state index in [0.29, 0.717) is 19.4 Å². The van der Waals surface area contributed by atoms with Crippen molar-refractivity contribution in [3.05, 3.63) is 29.8 Å². The van der Waals surface area contributed by atoms with E-state index in [0.717, 1.165) is 11.3 Å². The molecule has 1 aliphatic heterocycles. The van der Waals surface area contributed by atoms with Crippen molar-refractivity contribution in [3.8, 4) is 5.75 Å². The third kappa shape index (κ3) is 2.84. The number of rotatable bonds is 3. The number of nitrogens with zero attached hydrogens (tertiary/aromatic N) is 1. The summed E-state index contributed by atoms with van der Waals surface area (Å²) in [5.74, 6) is 0.937. The van der Waals surface area contributed by atoms with Crippen LogP contribution in [0.5, 0.6) is 5.75 Å². The van der Waals surface area contributed by atoms with Crippen molar-refractivity contribution >= 4 is 11.7 Å². The highest BCUT2D eigenvalue weighted by Crippen LogP contribution is 2.13. The SMILES string of the molecule is COc1ccc(CC(=O)N2CCC(=O)C2)cc1. The number of hydrogen-bond acceptors (Lipinski definition) is 3. The highest BCUT2D eigenvalue weighted by Gasteiger charge is 2.23. The van der Waals surface area contributed by atoms with E-state index in [1.165, 1.54) is 0 Å². The van der Waals surface area contributed by atoms with Gasteiger partial charge in [-0.25, -0.2) is 0 Å². The molecule has 0 radical (unpaired) electrons. The third-order valence-corrected chi connectivity index (χ3v) is 2.89. The van der Waals surface area contributed by atoms with E-state index in [-0.39, 0.29) is 18.2 Å². The second kappa shape index (κ2) is 4.99. The van der Waals surface area contributed by atoms with Gasteiger partial charge in [0.25, 0.3) is 0 Å². The van der Waals surface area contributed by atoms with Crippen molar-refractivity contribution in [3.63, 3.8) is 0 Å². The normalized spacial score (nSPS) is 15.1. The summed E-state index contributed by atoms with van der Waals surface area (Å²) in [5, 5.41) is 0. The van der Waals surface area contributed by atoms with Crippen LogP contribution >= 0.6 is 0 Å². The molecule has 0 spiro atoms. The van der Waals surface area contributed by atoms with E-state index in [1.54, 1.807) is 12.0 Å². The van der Waals surface area contributed by atoms with Gasteiger partial charge in [0.1, 0.15) is 5.75 Å². The predicted octanol–water partition coefficient (Wildman–Crippen LogP) is 1.04. The molecule has 4 nitrogen and oxygen atoms in total. The van der Waals surface area contributed by atoms with E-state index in [1.807, 2.05) is 24.3 Å². The van der Waals surface area contributed by atoms with Gasteiger partial charge in [0.2, 0.25) is 5.91 Å². The Kier molecular flexibility index (Phi) is 3.42. The molecule has 0 aliphatic carbocycles. The van der Waals surface area contributed by atoms with Gasteiger partial charge in [0, 0.05) is 13.0 Å². The van der Waals surface area contributed by atoms with Crippen molar-refractivity contribution in [2.24, 2.45) is 0 Å². The van der Waals surface area contributed by atoms with Crippen LogP contribution < -0.4 is 4.74 Å². The quantitative estimate of drug-likeness (QED) is 0.783. The Morgan fingerprint density at radius 1 is 1.35 bits per heavy atom. The first-order valence-corrected chi connectivity index (χ1v) is 5.61. The van der Waals surface area contributed by atoms with Gasteiger partial charge in [0.05, 0.1) is 20.1 Å². The molecule has 0 bridgehead atoms. The van der Waals surface area contributed by atoms with Crippen LogP contribution in [0.1, 0.15) is 12.0 Å². The minimum atomic E-state index is 0.0148. The highest BCUT2D eigenvalue weighted by molar-refractivity contribution is 5.90. The van der Waals surface area contributed by atoms with Gasteiger partial charge < -0.3 is 9.64 Å². The minimum Gasteiger partial charge on any atom is -0.497 e. The Balaban J connectivity index is 1.95. The predicted molar refractivity (Wildman–Crippen MR) is 62.9 cm³/mol. The van der Waals surface area contributed by atoms with Crippen molar-refractivity contribution in [2.75, 3.05) is 20.2 Å². The van der Waals surface area contributed by atoms with Crippen LogP contribution in [0.15, 0.2) is 24.3 Å². The summed E-state index contributed by atoms with van der Waals surface area (Å²) in [7, 11) is 1.61. The fraction of sp³-hybridized carbons (Fsp3) is 0.385. The number of hydrogen-bond donors (Lipinski definition) is 0. The lowest BCUT2D eigenvalue weighted by Crippen LogP contribution is -2.30. The minimum absolute atomic E-state index is 0.0148. The molecule has 1 aromatic rings. The molecule has 0 saturated carbocycles. The van der Waals surface area contributed by atoms with Gasteiger partial charge in [-0.05, 0) is 17.7 Å². The maximum Gasteiger partial charge on any atom is 0.227 e. The fourth-order valence-electron chi connectivity index (χ4n) is 1.87. The van der Waals surface area contributed by atoms with Crippen molar-refractivity contribution in [2.45, 2.75) is 12.8 Å². The summed E-state index contributed by atoms with van der Waals surface area (Å²) >= 11 is 0. The molecule has 1 aromatic carbocycles. The molecule has 90 valence electrons. The average Bonchev–Trinajstić information content (AvgIpc) is 2.77. The number of amides is 1. The number of carbonyl (C=O) groups excluding carboxylic acids is 2. The lowest BCUT2D eigenvalue weighted by Gasteiger charge is -2.14. The summed E-state index contributed by atoms with van der Waals surface area (Å²) in [6, 6.07) is 7.40. The molecule has 1 saturated heterocycles. The molecule has 17 heavy (non-hydrogen) atoms. The molecule has 1 fully saturated rings. The molecule has 1 aliphatic rings. The zero-order valence-electron chi connectivity index (χ0n) is 9.81. The number of likely N-dealkylation sites (tertiary alicyclic amines) is 1. The van der Waals surface area contributed by atoms with E-state index in [2.05, 4.69) is 0 Å². The van der Waals surface area contributed by atoms with Crippen LogP contribution in [0, 0.1) is 0 Å². The van der Waals surface area contributed by atoms with Gasteiger partial charge in [0.15, 0.2) is 5.78 Å². The van der Waals surface area contributed by atoms with E-state index >= 15 is 0 Å². The van der Waals surface area contributed by atoms with E-state index in [9.17, 15) is 9.59 Å². The molecule has 2 rings (SSSR count). The van der Waals surface area contributed by atoms with Crippen LogP contribution in [0.25, 0.3) is 0 Å². The van der Waals surface area contributed by atoms with Crippen molar-refractivity contribution < 1.29 is 14.3 Å². The van der Waals surface area contributed by atoms with Crippen molar-refractivity contribution in [1.82, 2.24) is 4.90 Å². The smallest absolute Gasteiger partial charge is 0.227 e. The first-order valence-electron chi connectivity index (χ1n) is 5.61. The fourth-order valence-corrected chi connectivity index (χ4v) is 1.87. The second-order valence-corrected chi connectivity index (χ2v) is 4.13. The lowest BCUT2D eigenvalue weighted by molar-refractivity contribution is -0.131. The Morgan fingerprint density at radius 3 is 2.59 bits per heavy atom. The standard InChI is InChI=1S/C13H15NO3/c1-17-12-4-2-10(3-5-12)8-13(16)14-7-6-11(15)9-14/h2-5H,6-9H2,1H3. The lowest BCUT2D eigenvalue weighted by atomic mass is 10.1. The second-order valence-electron chi connectivity index (χ2n) is 4.13. The van der Waals surface area contributed by atoms with Crippen LogP contribution in [-0.4, -0.2) is 36.8 Å². The number of benzene rings is 1. The zero-order valence-corrected chi connectivity index (χ0v) is 9.81. The molecule has 1 amide bonds. The third-order valence-electron chi connectivity index (χ3n) is 2.89. The molecular weight excluding hydrogens is 218 g/mol. The number of Topliss-reactive ketones (excluding diaryl/α,β-unsaturated/α-hetero) is 1. The Hall–Kier alpha value is -1.84. The number of ketones is 1. The number of methoxy groups -OCH3 is 1. The van der Waals surface area contributed by atoms with Gasteiger partial charge in [-0.1, -0.05) is 12.1 Å². The van der Waals surface area contributed by atoms with Crippen LogP contribution in [0.2, 0.25) is 0 Å². The molecule has 1 heterocycles. The molecule has 4 heteroatoms. The molecule has 0 N–H and O–H groups in total. The molecular formula is C13H15NO3. The summed E-state index contributed by atoms with van der Waals surface area (Å²) in [4.78, 5) is 24.6. The largest absolute Gasteiger partial charge is 0.497 e. The molecule has 0 aromatic heterocycles. The van der Waals surface area contributed by atoms with Crippen molar-refractivity contribution in [1.29, 1.82) is 0 Å². The summed E-state index contributed by atoms with van der Waals surface area (Å²) < 4.78 is 5.05. The number of ether oxygens (including phenoxy) is 1. The van der Waals surface area contributed by atoms with Crippen LogP contribution in [0.4, 0.5) is 0 Å². The Bertz CT molecular complexity index is 425.